The third-order valence-electron chi connectivity index (χ3n) is 2.93. The van der Waals surface area contributed by atoms with Gasteiger partial charge in [0.15, 0.2) is 0 Å². The van der Waals surface area contributed by atoms with Crippen LogP contribution in [-0.4, -0.2) is 43.5 Å². The molecule has 0 aromatic heterocycles. The van der Waals surface area contributed by atoms with Gasteiger partial charge in [0.1, 0.15) is 6.04 Å². The predicted molar refractivity (Wildman–Crippen MR) is 62.5 cm³/mol. The third kappa shape index (κ3) is 3.18. The molecule has 94 valence electrons. The summed E-state index contributed by atoms with van der Waals surface area (Å²) in [5.41, 5.74) is 0. The molecule has 1 aliphatic rings. The van der Waals surface area contributed by atoms with E-state index in [-0.39, 0.29) is 11.9 Å². The zero-order chi connectivity index (χ0) is 12.3. The summed E-state index contributed by atoms with van der Waals surface area (Å²) in [5.74, 6) is -0.169. The van der Waals surface area contributed by atoms with Crippen molar-refractivity contribution in [1.29, 1.82) is 0 Å². The summed E-state index contributed by atoms with van der Waals surface area (Å²) in [6.45, 7) is 4.35. The topological polar surface area (TPSA) is 66.5 Å². The van der Waals surface area contributed by atoms with Crippen molar-refractivity contribution < 1.29 is 13.2 Å². The van der Waals surface area contributed by atoms with Crippen LogP contribution in [0.1, 0.15) is 33.1 Å². The van der Waals surface area contributed by atoms with E-state index in [1.165, 1.54) is 4.31 Å². The first kappa shape index (κ1) is 13.4. The van der Waals surface area contributed by atoms with Crippen molar-refractivity contribution in [3.8, 4) is 0 Å². The van der Waals surface area contributed by atoms with Crippen LogP contribution in [0, 0.1) is 0 Å². The van der Waals surface area contributed by atoms with Crippen LogP contribution in [0.4, 0.5) is 0 Å². The molecular weight excluding hydrogens is 228 g/mol. The van der Waals surface area contributed by atoms with Crippen LogP contribution in [0.3, 0.4) is 0 Å². The molecule has 16 heavy (non-hydrogen) atoms. The van der Waals surface area contributed by atoms with Crippen molar-refractivity contribution in [3.05, 3.63) is 0 Å². The van der Waals surface area contributed by atoms with Gasteiger partial charge in [-0.05, 0) is 26.2 Å². The highest BCUT2D eigenvalue weighted by Gasteiger charge is 2.36. The Balaban J connectivity index is 2.69. The van der Waals surface area contributed by atoms with E-state index in [4.69, 9.17) is 0 Å². The summed E-state index contributed by atoms with van der Waals surface area (Å²) in [6, 6.07) is -0.418. The number of amides is 1. The van der Waals surface area contributed by atoms with Crippen LogP contribution in [-0.2, 0) is 14.8 Å². The molecule has 2 atom stereocenters. The molecule has 0 bridgehead atoms. The van der Waals surface area contributed by atoms with E-state index in [0.717, 1.165) is 19.1 Å². The fourth-order valence-corrected chi connectivity index (χ4v) is 2.96. The van der Waals surface area contributed by atoms with Gasteiger partial charge in [0.2, 0.25) is 15.9 Å². The number of sulfonamides is 1. The summed E-state index contributed by atoms with van der Waals surface area (Å²) >= 11 is 0. The summed E-state index contributed by atoms with van der Waals surface area (Å²) in [7, 11) is -3.27. The van der Waals surface area contributed by atoms with Gasteiger partial charge in [-0.2, -0.15) is 4.31 Å². The van der Waals surface area contributed by atoms with E-state index in [2.05, 4.69) is 5.32 Å². The van der Waals surface area contributed by atoms with Crippen molar-refractivity contribution in [2.24, 2.45) is 0 Å². The van der Waals surface area contributed by atoms with Gasteiger partial charge in [-0.1, -0.05) is 6.92 Å². The summed E-state index contributed by atoms with van der Waals surface area (Å²) < 4.78 is 24.2. The first-order valence-corrected chi connectivity index (χ1v) is 7.48. The summed E-state index contributed by atoms with van der Waals surface area (Å²) in [4.78, 5) is 11.9. The average molecular weight is 248 g/mol. The first-order valence-electron chi connectivity index (χ1n) is 5.63. The number of hydrogen-bond acceptors (Lipinski definition) is 3. The Morgan fingerprint density at radius 1 is 1.56 bits per heavy atom. The lowest BCUT2D eigenvalue weighted by atomic mass is 10.2. The van der Waals surface area contributed by atoms with Crippen molar-refractivity contribution in [3.63, 3.8) is 0 Å². The van der Waals surface area contributed by atoms with Gasteiger partial charge in [-0.15, -0.1) is 0 Å². The minimum absolute atomic E-state index is 0.0921. The number of rotatable bonds is 4. The van der Waals surface area contributed by atoms with Gasteiger partial charge < -0.3 is 5.32 Å². The Morgan fingerprint density at radius 2 is 2.19 bits per heavy atom. The zero-order valence-electron chi connectivity index (χ0n) is 10.1. The number of nitrogens with one attached hydrogen (secondary N) is 1. The summed E-state index contributed by atoms with van der Waals surface area (Å²) in [6.07, 6.45) is 3.38. The Labute approximate surface area is 97.2 Å². The van der Waals surface area contributed by atoms with Gasteiger partial charge in [-0.25, -0.2) is 8.42 Å². The van der Waals surface area contributed by atoms with Gasteiger partial charge >= 0.3 is 0 Å². The Hall–Kier alpha value is -0.620. The summed E-state index contributed by atoms with van der Waals surface area (Å²) in [5, 5.41) is 2.83. The lowest BCUT2D eigenvalue weighted by Crippen LogP contribution is -2.47. The van der Waals surface area contributed by atoms with Crippen LogP contribution >= 0.6 is 0 Å². The number of hydrogen-bond donors (Lipinski definition) is 1. The van der Waals surface area contributed by atoms with E-state index in [9.17, 15) is 13.2 Å². The molecular formula is C10H20N2O3S. The average Bonchev–Trinajstić information content (AvgIpc) is 2.65. The lowest BCUT2D eigenvalue weighted by Gasteiger charge is -2.23. The highest BCUT2D eigenvalue weighted by atomic mass is 32.2. The number of carbonyl (C=O) groups excluding carboxylic acids is 1. The molecule has 0 aromatic carbocycles. The standard InChI is InChI=1S/C10H20N2O3S/c1-4-8(2)11-10(13)9-6-5-7-12(9)16(3,14)15/h8-9H,4-7H2,1-3H3,(H,11,13)/t8-,9+/m1/s1. The van der Waals surface area contributed by atoms with Crippen LogP contribution in [0.2, 0.25) is 0 Å². The van der Waals surface area contributed by atoms with Crippen LogP contribution in [0.5, 0.6) is 0 Å². The SMILES string of the molecule is CC[C@@H](C)NC(=O)[C@@H]1CCCN1S(C)(=O)=O. The molecule has 0 aliphatic carbocycles. The second-order valence-electron chi connectivity index (χ2n) is 4.35. The van der Waals surface area contributed by atoms with Gasteiger partial charge in [0, 0.05) is 12.6 Å². The van der Waals surface area contributed by atoms with E-state index in [0.29, 0.717) is 13.0 Å². The van der Waals surface area contributed by atoms with Crippen LogP contribution < -0.4 is 5.32 Å². The van der Waals surface area contributed by atoms with E-state index in [1.807, 2.05) is 13.8 Å². The van der Waals surface area contributed by atoms with Gasteiger partial charge in [0.05, 0.1) is 6.26 Å². The van der Waals surface area contributed by atoms with Gasteiger partial charge in [-0.3, -0.25) is 4.79 Å². The largest absolute Gasteiger partial charge is 0.352 e. The fourth-order valence-electron chi connectivity index (χ4n) is 1.84. The lowest BCUT2D eigenvalue weighted by molar-refractivity contribution is -0.124. The quantitative estimate of drug-likeness (QED) is 0.779. The van der Waals surface area contributed by atoms with Crippen molar-refractivity contribution >= 4 is 15.9 Å². The number of carbonyl (C=O) groups is 1. The second-order valence-corrected chi connectivity index (χ2v) is 6.28. The Morgan fingerprint density at radius 3 is 2.69 bits per heavy atom. The monoisotopic (exact) mass is 248 g/mol. The minimum Gasteiger partial charge on any atom is -0.352 e. The molecule has 0 aromatic rings. The molecule has 0 spiro atoms. The van der Waals surface area contributed by atoms with Crippen molar-refractivity contribution in [1.82, 2.24) is 9.62 Å². The molecule has 1 heterocycles. The van der Waals surface area contributed by atoms with E-state index >= 15 is 0 Å². The molecule has 1 aliphatic heterocycles. The van der Waals surface area contributed by atoms with Gasteiger partial charge in [0.25, 0.3) is 0 Å². The second kappa shape index (κ2) is 5.14. The van der Waals surface area contributed by atoms with Crippen molar-refractivity contribution in [2.75, 3.05) is 12.8 Å². The maximum absolute atomic E-state index is 11.9. The molecule has 0 saturated carbocycles. The molecule has 1 rings (SSSR count). The molecule has 6 heteroatoms. The zero-order valence-corrected chi connectivity index (χ0v) is 10.9. The normalized spacial score (nSPS) is 24.3. The van der Waals surface area contributed by atoms with E-state index < -0.39 is 16.1 Å². The Bertz CT molecular complexity index is 353. The molecule has 1 N–H and O–H groups in total. The molecule has 0 radical (unpaired) electrons. The smallest absolute Gasteiger partial charge is 0.238 e. The predicted octanol–water partition coefficient (Wildman–Crippen LogP) is 0.325. The third-order valence-corrected chi connectivity index (χ3v) is 4.22. The maximum Gasteiger partial charge on any atom is 0.238 e. The molecule has 1 saturated heterocycles. The highest BCUT2D eigenvalue weighted by molar-refractivity contribution is 7.88. The minimum atomic E-state index is -3.27. The van der Waals surface area contributed by atoms with Crippen LogP contribution in [0.25, 0.3) is 0 Å². The molecule has 5 nitrogen and oxygen atoms in total. The number of nitrogens with zero attached hydrogens (tertiary/aromatic N) is 1. The fraction of sp³-hybridized carbons (Fsp3) is 0.900. The molecule has 1 amide bonds. The first-order chi connectivity index (χ1) is 7.36. The molecule has 1 fully saturated rings. The van der Waals surface area contributed by atoms with Crippen molar-refractivity contribution in [2.45, 2.75) is 45.2 Å². The van der Waals surface area contributed by atoms with Crippen LogP contribution in [0.15, 0.2) is 0 Å². The van der Waals surface area contributed by atoms with E-state index in [1.54, 1.807) is 0 Å². The Kier molecular flexibility index (Phi) is 4.32. The molecule has 0 unspecified atom stereocenters. The maximum atomic E-state index is 11.9. The highest BCUT2D eigenvalue weighted by Crippen LogP contribution is 2.20.